The number of nitrogens with two attached hydrogens (primary N) is 1. The molecule has 1 heterocycles. The number of alkyl halides is 3. The maximum Gasteiger partial charge on any atom is 0.392 e. The summed E-state index contributed by atoms with van der Waals surface area (Å²) in [7, 11) is 0. The average molecular weight is 383 g/mol. The number of likely N-dealkylation sites (tertiary alicyclic amines) is 1. The Balaban J connectivity index is 1.54. The lowest BCUT2D eigenvalue weighted by Gasteiger charge is -2.39. The van der Waals surface area contributed by atoms with Gasteiger partial charge in [-0.3, -0.25) is 0 Å². The van der Waals surface area contributed by atoms with E-state index in [-0.39, 0.29) is 32.1 Å². The van der Waals surface area contributed by atoms with E-state index in [1.54, 1.807) is 0 Å². The number of hydrogen-bond donors (Lipinski definition) is 2. The first-order chi connectivity index (χ1) is 12.9. The van der Waals surface area contributed by atoms with Gasteiger partial charge in [0.2, 0.25) is 0 Å². The molecule has 0 aromatic heterocycles. The molecule has 1 aliphatic carbocycles. The highest BCUT2D eigenvalue weighted by Crippen LogP contribution is 2.39. The van der Waals surface area contributed by atoms with E-state index in [2.05, 4.69) is 17.4 Å². The predicted molar refractivity (Wildman–Crippen MR) is 98.2 cm³/mol. The SMILES string of the molecule is NCC1CN(C(=O)NCC2CCCC2c2ccccc2)CCC1C(F)(F)F. The Bertz CT molecular complexity index is 623. The van der Waals surface area contributed by atoms with E-state index in [0.717, 1.165) is 19.3 Å². The van der Waals surface area contributed by atoms with Crippen molar-refractivity contribution in [2.75, 3.05) is 26.2 Å². The maximum absolute atomic E-state index is 13.1. The summed E-state index contributed by atoms with van der Waals surface area (Å²) in [6, 6.07) is 10.0. The first kappa shape index (κ1) is 20.0. The summed E-state index contributed by atoms with van der Waals surface area (Å²) < 4.78 is 39.3. The minimum Gasteiger partial charge on any atom is -0.338 e. The van der Waals surface area contributed by atoms with Crippen LogP contribution in [-0.2, 0) is 0 Å². The van der Waals surface area contributed by atoms with Crippen LogP contribution < -0.4 is 11.1 Å². The molecule has 1 aliphatic heterocycles. The summed E-state index contributed by atoms with van der Waals surface area (Å²) in [6.45, 7) is 0.691. The highest BCUT2D eigenvalue weighted by molar-refractivity contribution is 5.74. The number of urea groups is 1. The van der Waals surface area contributed by atoms with Gasteiger partial charge in [0.15, 0.2) is 0 Å². The van der Waals surface area contributed by atoms with E-state index in [1.807, 2.05) is 18.2 Å². The van der Waals surface area contributed by atoms with Crippen LogP contribution in [0.1, 0.15) is 37.2 Å². The van der Waals surface area contributed by atoms with Crippen molar-refractivity contribution in [2.24, 2.45) is 23.5 Å². The van der Waals surface area contributed by atoms with Crippen LogP contribution in [0.25, 0.3) is 0 Å². The van der Waals surface area contributed by atoms with Crippen LogP contribution in [0.15, 0.2) is 30.3 Å². The topological polar surface area (TPSA) is 58.4 Å². The first-order valence-corrected chi connectivity index (χ1v) is 9.74. The van der Waals surface area contributed by atoms with Crippen LogP contribution in [0.2, 0.25) is 0 Å². The number of hydrogen-bond acceptors (Lipinski definition) is 2. The highest BCUT2D eigenvalue weighted by Gasteiger charge is 2.47. The van der Waals surface area contributed by atoms with Crippen LogP contribution >= 0.6 is 0 Å². The Morgan fingerprint density at radius 2 is 1.89 bits per heavy atom. The smallest absolute Gasteiger partial charge is 0.338 e. The Labute approximate surface area is 158 Å². The van der Waals surface area contributed by atoms with Gasteiger partial charge in [-0.15, -0.1) is 0 Å². The summed E-state index contributed by atoms with van der Waals surface area (Å²) in [5.74, 6) is -1.34. The number of nitrogens with zero attached hydrogens (tertiary/aromatic N) is 1. The molecule has 2 fully saturated rings. The van der Waals surface area contributed by atoms with E-state index in [1.165, 1.54) is 10.5 Å². The van der Waals surface area contributed by atoms with Gasteiger partial charge < -0.3 is 16.0 Å². The van der Waals surface area contributed by atoms with Gasteiger partial charge >= 0.3 is 12.2 Å². The third-order valence-corrected chi connectivity index (χ3v) is 6.15. The third kappa shape index (κ3) is 4.75. The number of benzene rings is 1. The third-order valence-electron chi connectivity index (χ3n) is 6.15. The second-order valence-electron chi connectivity index (χ2n) is 7.77. The number of carbonyl (C=O) groups is 1. The molecule has 4 nitrogen and oxygen atoms in total. The van der Waals surface area contributed by atoms with Gasteiger partial charge in [0.1, 0.15) is 0 Å². The molecule has 0 radical (unpaired) electrons. The fourth-order valence-corrected chi connectivity index (χ4v) is 4.64. The van der Waals surface area contributed by atoms with Gasteiger partial charge in [0.25, 0.3) is 0 Å². The number of carbonyl (C=O) groups excluding carboxylic acids is 1. The van der Waals surface area contributed by atoms with Gasteiger partial charge in [-0.25, -0.2) is 4.79 Å². The van der Waals surface area contributed by atoms with Gasteiger partial charge in [0, 0.05) is 25.6 Å². The largest absolute Gasteiger partial charge is 0.392 e. The quantitative estimate of drug-likeness (QED) is 0.832. The Kier molecular flexibility index (Phi) is 6.29. The van der Waals surface area contributed by atoms with E-state index >= 15 is 0 Å². The lowest BCUT2D eigenvalue weighted by atomic mass is 9.85. The van der Waals surface area contributed by atoms with Gasteiger partial charge in [-0.2, -0.15) is 13.2 Å². The molecule has 0 bridgehead atoms. The molecule has 7 heteroatoms. The molecule has 1 aromatic carbocycles. The molecule has 150 valence electrons. The highest BCUT2D eigenvalue weighted by atomic mass is 19.4. The molecule has 4 unspecified atom stereocenters. The Hall–Kier alpha value is -1.76. The molecule has 1 aromatic rings. The zero-order chi connectivity index (χ0) is 19.4. The molecule has 1 saturated heterocycles. The molecule has 1 saturated carbocycles. The summed E-state index contributed by atoms with van der Waals surface area (Å²) in [5.41, 5.74) is 6.85. The summed E-state index contributed by atoms with van der Waals surface area (Å²) in [5, 5.41) is 2.96. The van der Waals surface area contributed by atoms with E-state index < -0.39 is 18.0 Å². The van der Waals surface area contributed by atoms with Crippen LogP contribution in [0.3, 0.4) is 0 Å². The molecule has 27 heavy (non-hydrogen) atoms. The van der Waals surface area contributed by atoms with Crippen LogP contribution in [-0.4, -0.2) is 43.3 Å². The van der Waals surface area contributed by atoms with Crippen LogP contribution in [0.4, 0.5) is 18.0 Å². The number of halogens is 3. The Morgan fingerprint density at radius 1 is 1.15 bits per heavy atom. The predicted octanol–water partition coefficient (Wildman–Crippen LogP) is 3.74. The fourth-order valence-electron chi connectivity index (χ4n) is 4.64. The molecule has 2 amide bonds. The number of amides is 2. The van der Waals surface area contributed by atoms with Crippen molar-refractivity contribution in [1.29, 1.82) is 0 Å². The standard InChI is InChI=1S/C20H28F3N3O/c21-20(22,23)18-9-10-26(13-16(18)11-24)19(27)25-12-15-7-4-8-17(15)14-5-2-1-3-6-14/h1-3,5-6,15-18H,4,7-13,24H2,(H,25,27). The lowest BCUT2D eigenvalue weighted by molar-refractivity contribution is -0.197. The van der Waals surface area contributed by atoms with Crippen LogP contribution in [0.5, 0.6) is 0 Å². The number of rotatable bonds is 4. The normalized spacial score (nSPS) is 29.0. The van der Waals surface area contributed by atoms with Crippen molar-refractivity contribution in [3.8, 4) is 0 Å². The summed E-state index contributed by atoms with van der Waals surface area (Å²) in [6.07, 6.45) is -1.03. The number of piperidine rings is 1. The van der Waals surface area contributed by atoms with Crippen molar-refractivity contribution in [3.63, 3.8) is 0 Å². The Morgan fingerprint density at radius 3 is 2.56 bits per heavy atom. The van der Waals surface area contributed by atoms with Crippen molar-refractivity contribution in [1.82, 2.24) is 10.2 Å². The molecule has 4 atom stereocenters. The van der Waals surface area contributed by atoms with Crippen molar-refractivity contribution in [3.05, 3.63) is 35.9 Å². The van der Waals surface area contributed by atoms with Gasteiger partial charge in [-0.05, 0) is 43.2 Å². The molecular formula is C20H28F3N3O. The van der Waals surface area contributed by atoms with Crippen LogP contribution in [0, 0.1) is 17.8 Å². The molecular weight excluding hydrogens is 355 g/mol. The second kappa shape index (κ2) is 8.50. The van der Waals surface area contributed by atoms with Crippen molar-refractivity contribution in [2.45, 2.75) is 37.8 Å². The minimum absolute atomic E-state index is 0.0628. The molecule has 2 aliphatic rings. The van der Waals surface area contributed by atoms with Crippen molar-refractivity contribution < 1.29 is 18.0 Å². The number of nitrogens with one attached hydrogen (secondary N) is 1. The summed E-state index contributed by atoms with van der Waals surface area (Å²) >= 11 is 0. The minimum atomic E-state index is -4.25. The first-order valence-electron chi connectivity index (χ1n) is 9.74. The van der Waals surface area contributed by atoms with Gasteiger partial charge in [-0.1, -0.05) is 36.8 Å². The molecule has 3 N–H and O–H groups in total. The zero-order valence-corrected chi connectivity index (χ0v) is 15.4. The van der Waals surface area contributed by atoms with E-state index in [4.69, 9.17) is 5.73 Å². The van der Waals surface area contributed by atoms with Crippen molar-refractivity contribution >= 4 is 6.03 Å². The zero-order valence-electron chi connectivity index (χ0n) is 15.4. The molecule has 3 rings (SSSR count). The van der Waals surface area contributed by atoms with Gasteiger partial charge in [0.05, 0.1) is 5.92 Å². The summed E-state index contributed by atoms with van der Waals surface area (Å²) in [4.78, 5) is 14.0. The van der Waals surface area contributed by atoms with E-state index in [0.29, 0.717) is 18.4 Å². The monoisotopic (exact) mass is 383 g/mol. The second-order valence-corrected chi connectivity index (χ2v) is 7.77. The average Bonchev–Trinajstić information content (AvgIpc) is 3.14. The molecule has 0 spiro atoms. The van der Waals surface area contributed by atoms with E-state index in [9.17, 15) is 18.0 Å². The fraction of sp³-hybridized carbons (Fsp3) is 0.650. The lowest BCUT2D eigenvalue weighted by Crippen LogP contribution is -2.53. The maximum atomic E-state index is 13.1.